The van der Waals surface area contributed by atoms with Crippen LogP contribution in [0.4, 0.5) is 0 Å². The number of rotatable bonds is 5. The standard InChI is InChI=1S/C52H35N3O/c1-52(2)43-21-10-8-17-38(43)39-28-27-36(30-44(39)52)35-15-12-16-37(29-35)46-31-45(53-51(54-46)34-13-4-3-5-14-34)32-23-25-33(26-24-32)48-40-18-6-7-19-41(40)50-49(55-48)42-20-9-11-22-47(42)56-50/h3-31H,1-2H3. The minimum atomic E-state index is -0.0647. The summed E-state index contributed by atoms with van der Waals surface area (Å²) in [6.45, 7) is 4.66. The Morgan fingerprint density at radius 2 is 1.02 bits per heavy atom. The van der Waals surface area contributed by atoms with Gasteiger partial charge in [0, 0.05) is 43.8 Å². The average Bonchev–Trinajstić information content (AvgIpc) is 3.75. The van der Waals surface area contributed by atoms with Crippen molar-refractivity contribution in [2.45, 2.75) is 19.3 Å². The fraction of sp³-hybridized carbons (Fsp3) is 0.0577. The van der Waals surface area contributed by atoms with Crippen LogP contribution in [0.25, 0.3) is 100 Å². The summed E-state index contributed by atoms with van der Waals surface area (Å²) in [6, 6.07) is 61.8. The van der Waals surface area contributed by atoms with Crippen LogP contribution >= 0.6 is 0 Å². The first kappa shape index (κ1) is 32.3. The summed E-state index contributed by atoms with van der Waals surface area (Å²) < 4.78 is 6.32. The second kappa shape index (κ2) is 12.4. The Balaban J connectivity index is 1.00. The third-order valence-electron chi connectivity index (χ3n) is 11.5. The van der Waals surface area contributed by atoms with E-state index in [1.807, 2.05) is 36.4 Å². The van der Waals surface area contributed by atoms with Gasteiger partial charge in [-0.3, -0.25) is 0 Å². The molecule has 0 bridgehead atoms. The molecule has 0 N–H and O–H groups in total. The Bertz CT molecular complexity index is 3160. The highest BCUT2D eigenvalue weighted by molar-refractivity contribution is 6.16. The number of aromatic nitrogens is 3. The summed E-state index contributed by atoms with van der Waals surface area (Å²) in [7, 11) is 0. The van der Waals surface area contributed by atoms with Gasteiger partial charge in [-0.2, -0.15) is 0 Å². The Morgan fingerprint density at radius 1 is 0.411 bits per heavy atom. The maximum absolute atomic E-state index is 6.32. The predicted molar refractivity (Wildman–Crippen MR) is 229 cm³/mol. The molecule has 1 aliphatic rings. The molecule has 0 fully saturated rings. The second-order valence-electron chi connectivity index (χ2n) is 15.2. The van der Waals surface area contributed by atoms with E-state index in [-0.39, 0.29) is 5.41 Å². The fourth-order valence-electron chi connectivity index (χ4n) is 8.61. The molecule has 4 nitrogen and oxygen atoms in total. The predicted octanol–water partition coefficient (Wildman–Crippen LogP) is 13.6. The van der Waals surface area contributed by atoms with Gasteiger partial charge in [-0.05, 0) is 63.7 Å². The lowest BCUT2D eigenvalue weighted by molar-refractivity contribution is 0.660. The number of fused-ring (bicyclic) bond motifs is 8. The molecule has 0 saturated carbocycles. The van der Waals surface area contributed by atoms with E-state index in [0.29, 0.717) is 5.82 Å². The van der Waals surface area contributed by atoms with Gasteiger partial charge in [-0.15, -0.1) is 0 Å². The number of hydrogen-bond acceptors (Lipinski definition) is 4. The topological polar surface area (TPSA) is 51.8 Å². The summed E-state index contributed by atoms with van der Waals surface area (Å²) >= 11 is 0. The maximum atomic E-state index is 6.32. The van der Waals surface area contributed by atoms with Crippen LogP contribution in [0.2, 0.25) is 0 Å². The van der Waals surface area contributed by atoms with Crippen LogP contribution in [0.15, 0.2) is 180 Å². The summed E-state index contributed by atoms with van der Waals surface area (Å²) in [5.41, 5.74) is 16.9. The lowest BCUT2D eigenvalue weighted by atomic mass is 9.81. The van der Waals surface area contributed by atoms with Crippen LogP contribution < -0.4 is 0 Å². The van der Waals surface area contributed by atoms with Gasteiger partial charge in [0.2, 0.25) is 0 Å². The molecule has 10 aromatic rings. The van der Waals surface area contributed by atoms with Gasteiger partial charge in [0.15, 0.2) is 11.4 Å². The van der Waals surface area contributed by atoms with E-state index in [2.05, 4.69) is 153 Å². The minimum absolute atomic E-state index is 0.0647. The second-order valence-corrected chi connectivity index (χ2v) is 15.2. The normalized spacial score (nSPS) is 13.0. The molecule has 0 unspecified atom stereocenters. The average molecular weight is 718 g/mol. The molecule has 264 valence electrons. The molecular weight excluding hydrogens is 683 g/mol. The highest BCUT2D eigenvalue weighted by Crippen LogP contribution is 2.49. The molecule has 56 heavy (non-hydrogen) atoms. The number of pyridine rings is 1. The zero-order valence-electron chi connectivity index (χ0n) is 31.0. The van der Waals surface area contributed by atoms with Gasteiger partial charge in [0.25, 0.3) is 0 Å². The van der Waals surface area contributed by atoms with E-state index in [4.69, 9.17) is 19.4 Å². The zero-order chi connectivity index (χ0) is 37.4. The molecule has 7 aromatic carbocycles. The lowest BCUT2D eigenvalue weighted by Crippen LogP contribution is -2.14. The van der Waals surface area contributed by atoms with Gasteiger partial charge >= 0.3 is 0 Å². The quantitative estimate of drug-likeness (QED) is 0.178. The molecule has 0 amide bonds. The molecule has 0 spiro atoms. The van der Waals surface area contributed by atoms with Crippen molar-refractivity contribution in [2.75, 3.05) is 0 Å². The Hall–Kier alpha value is -7.17. The smallest absolute Gasteiger partial charge is 0.161 e. The van der Waals surface area contributed by atoms with Crippen molar-refractivity contribution >= 4 is 32.8 Å². The minimum Gasteiger partial charge on any atom is -0.454 e. The van der Waals surface area contributed by atoms with E-state index in [1.165, 1.54) is 27.8 Å². The van der Waals surface area contributed by atoms with Crippen molar-refractivity contribution < 1.29 is 4.42 Å². The van der Waals surface area contributed by atoms with Gasteiger partial charge in [-0.25, -0.2) is 15.0 Å². The van der Waals surface area contributed by atoms with Crippen LogP contribution in [-0.4, -0.2) is 15.0 Å². The van der Waals surface area contributed by atoms with Crippen molar-refractivity contribution in [2.24, 2.45) is 0 Å². The Kier molecular flexibility index (Phi) is 7.17. The van der Waals surface area contributed by atoms with Crippen LogP contribution in [0, 0.1) is 0 Å². The Labute approximate surface area is 324 Å². The molecular formula is C52H35N3O. The summed E-state index contributed by atoms with van der Waals surface area (Å²) in [5.74, 6) is 0.689. The largest absolute Gasteiger partial charge is 0.454 e. The molecule has 0 aliphatic heterocycles. The highest BCUT2D eigenvalue weighted by Gasteiger charge is 2.35. The van der Waals surface area contributed by atoms with Gasteiger partial charge < -0.3 is 4.42 Å². The van der Waals surface area contributed by atoms with Crippen molar-refractivity contribution in [3.8, 4) is 67.4 Å². The monoisotopic (exact) mass is 717 g/mol. The molecule has 0 saturated heterocycles. The molecule has 1 aliphatic carbocycles. The van der Waals surface area contributed by atoms with Crippen LogP contribution in [0.3, 0.4) is 0 Å². The molecule has 4 heteroatoms. The fourth-order valence-corrected chi connectivity index (χ4v) is 8.61. The first-order valence-electron chi connectivity index (χ1n) is 19.1. The van der Waals surface area contributed by atoms with Crippen LogP contribution in [0.5, 0.6) is 0 Å². The van der Waals surface area contributed by atoms with E-state index in [1.54, 1.807) is 0 Å². The highest BCUT2D eigenvalue weighted by atomic mass is 16.3. The first-order valence-corrected chi connectivity index (χ1v) is 19.1. The molecule has 3 aromatic heterocycles. The molecule has 11 rings (SSSR count). The summed E-state index contributed by atoms with van der Waals surface area (Å²) in [4.78, 5) is 15.5. The van der Waals surface area contributed by atoms with Crippen LogP contribution in [-0.2, 0) is 5.41 Å². The Morgan fingerprint density at radius 3 is 1.86 bits per heavy atom. The number of hydrogen-bond donors (Lipinski definition) is 0. The van der Waals surface area contributed by atoms with E-state index in [9.17, 15) is 0 Å². The SMILES string of the molecule is CC1(C)c2ccccc2-c2ccc(-c3cccc(-c4cc(-c5ccc(-c6nc7c8ccccc8oc7c7ccccc67)cc5)nc(-c5ccccc5)n4)c3)cc21. The first-order chi connectivity index (χ1) is 27.5. The number of benzene rings is 7. The molecule has 3 heterocycles. The van der Waals surface area contributed by atoms with Crippen molar-refractivity contribution in [3.63, 3.8) is 0 Å². The number of furan rings is 1. The molecule has 0 atom stereocenters. The van der Waals surface area contributed by atoms with E-state index >= 15 is 0 Å². The number of nitrogens with zero attached hydrogens (tertiary/aromatic N) is 3. The van der Waals surface area contributed by atoms with Gasteiger partial charge in [0.05, 0.1) is 17.1 Å². The zero-order valence-corrected chi connectivity index (χ0v) is 31.0. The van der Waals surface area contributed by atoms with E-state index in [0.717, 1.165) is 77.7 Å². The van der Waals surface area contributed by atoms with Gasteiger partial charge in [0.1, 0.15) is 11.1 Å². The van der Waals surface area contributed by atoms with Gasteiger partial charge in [-0.1, -0.05) is 159 Å². The third kappa shape index (κ3) is 5.10. The van der Waals surface area contributed by atoms with Crippen LogP contribution in [0.1, 0.15) is 25.0 Å². The van der Waals surface area contributed by atoms with Crippen molar-refractivity contribution in [1.29, 1.82) is 0 Å². The van der Waals surface area contributed by atoms with Crippen molar-refractivity contribution in [1.82, 2.24) is 15.0 Å². The number of para-hydroxylation sites is 1. The van der Waals surface area contributed by atoms with E-state index < -0.39 is 0 Å². The lowest BCUT2D eigenvalue weighted by Gasteiger charge is -2.22. The summed E-state index contributed by atoms with van der Waals surface area (Å²) in [5, 5.41) is 3.12. The summed E-state index contributed by atoms with van der Waals surface area (Å²) in [6.07, 6.45) is 0. The maximum Gasteiger partial charge on any atom is 0.161 e. The third-order valence-corrected chi connectivity index (χ3v) is 11.5. The van der Waals surface area contributed by atoms with Crippen molar-refractivity contribution in [3.05, 3.63) is 187 Å². The molecule has 0 radical (unpaired) electrons.